The molecule has 1 heterocycles. The molecular weight excluding hydrogens is 200 g/mol. The Labute approximate surface area is 98.4 Å². The first-order valence-electron chi connectivity index (χ1n) is 6.55. The molecule has 92 valence electrons. The van der Waals surface area contributed by atoms with E-state index in [1.54, 1.807) is 0 Å². The van der Waals surface area contributed by atoms with Crippen molar-refractivity contribution in [2.75, 3.05) is 6.54 Å². The van der Waals surface area contributed by atoms with Gasteiger partial charge < -0.3 is 10.6 Å². The third-order valence-corrected chi connectivity index (χ3v) is 4.58. The van der Waals surface area contributed by atoms with Crippen molar-refractivity contribution in [3.63, 3.8) is 0 Å². The molecule has 2 aliphatic rings. The van der Waals surface area contributed by atoms with Crippen molar-refractivity contribution in [1.82, 2.24) is 10.6 Å². The third kappa shape index (κ3) is 1.92. The average molecular weight is 224 g/mol. The van der Waals surface area contributed by atoms with Crippen LogP contribution < -0.4 is 10.6 Å². The summed E-state index contributed by atoms with van der Waals surface area (Å²) >= 11 is 0. The van der Waals surface area contributed by atoms with Crippen LogP contribution in [0.3, 0.4) is 0 Å². The van der Waals surface area contributed by atoms with Crippen LogP contribution >= 0.6 is 0 Å². The van der Waals surface area contributed by atoms with Crippen LogP contribution in [0.4, 0.5) is 4.79 Å². The Bertz CT molecular complexity index is 277. The van der Waals surface area contributed by atoms with Crippen LogP contribution in [-0.2, 0) is 0 Å². The molecule has 16 heavy (non-hydrogen) atoms. The molecule has 1 saturated carbocycles. The van der Waals surface area contributed by atoms with E-state index < -0.39 is 0 Å². The van der Waals surface area contributed by atoms with Crippen molar-refractivity contribution in [3.8, 4) is 0 Å². The van der Waals surface area contributed by atoms with Crippen molar-refractivity contribution in [3.05, 3.63) is 0 Å². The summed E-state index contributed by atoms with van der Waals surface area (Å²) in [7, 11) is 0. The van der Waals surface area contributed by atoms with Crippen LogP contribution in [-0.4, -0.2) is 18.6 Å². The van der Waals surface area contributed by atoms with Crippen LogP contribution in [0.2, 0.25) is 0 Å². The number of rotatable bonds is 1. The molecule has 0 bridgehead atoms. The van der Waals surface area contributed by atoms with Gasteiger partial charge in [0.05, 0.1) is 0 Å². The molecule has 0 radical (unpaired) electrons. The first kappa shape index (κ1) is 11.7. The molecular formula is C13H24N2O. The maximum Gasteiger partial charge on any atom is 0.315 e. The number of urea groups is 1. The van der Waals surface area contributed by atoms with Gasteiger partial charge in [-0.25, -0.2) is 4.79 Å². The van der Waals surface area contributed by atoms with Crippen molar-refractivity contribution in [2.24, 2.45) is 29.6 Å². The predicted molar refractivity (Wildman–Crippen MR) is 65.1 cm³/mol. The lowest BCUT2D eigenvalue weighted by molar-refractivity contribution is 0.194. The molecule has 2 fully saturated rings. The molecule has 2 amide bonds. The van der Waals surface area contributed by atoms with Crippen LogP contribution in [0.5, 0.6) is 0 Å². The number of hydrogen-bond acceptors (Lipinski definition) is 1. The SMILES string of the molecule is CC(C)C1CNC(=O)NC2C(C)CC(C)C12. The standard InChI is InChI=1S/C13H24N2O/c1-7(2)10-6-14-13(16)15-12-9(4)5-8(3)11(10)12/h7-12H,5-6H2,1-4H3,(H2,14,15,16). The lowest BCUT2D eigenvalue weighted by Gasteiger charge is -2.32. The predicted octanol–water partition coefficient (Wildman–Crippen LogP) is 2.23. The zero-order valence-electron chi connectivity index (χ0n) is 10.8. The highest BCUT2D eigenvalue weighted by Gasteiger charge is 2.45. The number of hydrogen-bond donors (Lipinski definition) is 2. The zero-order valence-corrected chi connectivity index (χ0v) is 10.8. The van der Waals surface area contributed by atoms with E-state index in [1.165, 1.54) is 6.42 Å². The molecule has 5 atom stereocenters. The van der Waals surface area contributed by atoms with Gasteiger partial charge in [-0.15, -0.1) is 0 Å². The number of amides is 2. The van der Waals surface area contributed by atoms with Gasteiger partial charge in [0.15, 0.2) is 0 Å². The molecule has 0 aromatic rings. The molecule has 1 aliphatic carbocycles. The summed E-state index contributed by atoms with van der Waals surface area (Å²) < 4.78 is 0. The van der Waals surface area contributed by atoms with Crippen LogP contribution in [0, 0.1) is 29.6 Å². The quantitative estimate of drug-likeness (QED) is 0.704. The van der Waals surface area contributed by atoms with Gasteiger partial charge in [-0.05, 0) is 36.0 Å². The first-order valence-corrected chi connectivity index (χ1v) is 6.55. The second-order valence-corrected chi connectivity index (χ2v) is 6.06. The minimum absolute atomic E-state index is 0.0269. The van der Waals surface area contributed by atoms with Gasteiger partial charge in [-0.1, -0.05) is 27.7 Å². The fraction of sp³-hybridized carbons (Fsp3) is 0.923. The molecule has 0 aromatic heterocycles. The third-order valence-electron chi connectivity index (χ3n) is 4.58. The van der Waals surface area contributed by atoms with Crippen LogP contribution in [0.15, 0.2) is 0 Å². The summed E-state index contributed by atoms with van der Waals surface area (Å²) in [5, 5.41) is 6.15. The Morgan fingerprint density at radius 2 is 1.94 bits per heavy atom. The summed E-state index contributed by atoms with van der Waals surface area (Å²) in [4.78, 5) is 11.6. The molecule has 3 nitrogen and oxygen atoms in total. The van der Waals surface area contributed by atoms with Crippen LogP contribution in [0.1, 0.15) is 34.1 Å². The summed E-state index contributed by atoms with van der Waals surface area (Å²) in [6, 6.07) is 0.406. The number of fused-ring (bicyclic) bond motifs is 1. The fourth-order valence-corrected chi connectivity index (χ4v) is 3.78. The summed E-state index contributed by atoms with van der Waals surface area (Å²) in [6.45, 7) is 9.99. The Morgan fingerprint density at radius 3 is 2.56 bits per heavy atom. The summed E-state index contributed by atoms with van der Waals surface area (Å²) in [5.74, 6) is 3.25. The molecule has 0 aromatic carbocycles. The minimum atomic E-state index is 0.0269. The lowest BCUT2D eigenvalue weighted by Crippen LogP contribution is -2.43. The van der Waals surface area contributed by atoms with Gasteiger partial charge >= 0.3 is 6.03 Å². The van der Waals surface area contributed by atoms with Gasteiger partial charge in [0.1, 0.15) is 0 Å². The number of nitrogens with one attached hydrogen (secondary N) is 2. The molecule has 1 aliphatic heterocycles. The van der Waals surface area contributed by atoms with E-state index in [2.05, 4.69) is 38.3 Å². The van der Waals surface area contributed by atoms with Gasteiger partial charge in [0.25, 0.3) is 0 Å². The molecule has 2 N–H and O–H groups in total. The topological polar surface area (TPSA) is 41.1 Å². The fourth-order valence-electron chi connectivity index (χ4n) is 3.78. The Morgan fingerprint density at radius 1 is 1.25 bits per heavy atom. The van der Waals surface area contributed by atoms with Crippen LogP contribution in [0.25, 0.3) is 0 Å². The second kappa shape index (κ2) is 4.27. The van der Waals surface area contributed by atoms with E-state index in [4.69, 9.17) is 0 Å². The maximum atomic E-state index is 11.6. The highest BCUT2D eigenvalue weighted by molar-refractivity contribution is 5.74. The maximum absolute atomic E-state index is 11.6. The molecule has 3 heteroatoms. The van der Waals surface area contributed by atoms with Crippen molar-refractivity contribution >= 4 is 6.03 Å². The van der Waals surface area contributed by atoms with Gasteiger partial charge in [0.2, 0.25) is 0 Å². The van der Waals surface area contributed by atoms with Crippen molar-refractivity contribution in [1.29, 1.82) is 0 Å². The minimum Gasteiger partial charge on any atom is -0.338 e. The first-order chi connectivity index (χ1) is 7.50. The summed E-state index contributed by atoms with van der Waals surface area (Å²) in [6.07, 6.45) is 1.25. The van der Waals surface area contributed by atoms with Gasteiger partial charge in [-0.3, -0.25) is 0 Å². The van der Waals surface area contributed by atoms with E-state index >= 15 is 0 Å². The second-order valence-electron chi connectivity index (χ2n) is 6.06. The Hall–Kier alpha value is -0.730. The zero-order chi connectivity index (χ0) is 11.9. The molecule has 5 unspecified atom stereocenters. The molecule has 0 spiro atoms. The summed E-state index contributed by atoms with van der Waals surface area (Å²) in [5.41, 5.74) is 0. The number of carbonyl (C=O) groups excluding carboxylic acids is 1. The number of carbonyl (C=O) groups is 1. The average Bonchev–Trinajstić information content (AvgIpc) is 2.38. The van der Waals surface area contributed by atoms with Gasteiger partial charge in [-0.2, -0.15) is 0 Å². The largest absolute Gasteiger partial charge is 0.338 e. The normalized spacial score (nSPS) is 43.6. The molecule has 1 saturated heterocycles. The monoisotopic (exact) mass is 224 g/mol. The van der Waals surface area contributed by atoms with Gasteiger partial charge in [0, 0.05) is 12.6 Å². The Balaban J connectivity index is 2.25. The lowest BCUT2D eigenvalue weighted by atomic mass is 9.76. The Kier molecular flexibility index (Phi) is 3.13. The smallest absolute Gasteiger partial charge is 0.315 e. The highest BCUT2D eigenvalue weighted by Crippen LogP contribution is 2.43. The van der Waals surface area contributed by atoms with E-state index in [0.29, 0.717) is 29.7 Å². The molecule has 2 rings (SSSR count). The highest BCUT2D eigenvalue weighted by atomic mass is 16.2. The van der Waals surface area contributed by atoms with Crippen molar-refractivity contribution < 1.29 is 4.79 Å². The van der Waals surface area contributed by atoms with E-state index in [0.717, 1.165) is 12.5 Å². The van der Waals surface area contributed by atoms with E-state index in [-0.39, 0.29) is 6.03 Å². The van der Waals surface area contributed by atoms with E-state index in [1.807, 2.05) is 0 Å². The van der Waals surface area contributed by atoms with E-state index in [9.17, 15) is 4.79 Å². The van der Waals surface area contributed by atoms with Crippen molar-refractivity contribution in [2.45, 2.75) is 40.2 Å².